The van der Waals surface area contributed by atoms with Crippen molar-refractivity contribution >= 4 is 36.8 Å². The van der Waals surface area contributed by atoms with E-state index in [0.29, 0.717) is 16.7 Å². The SMILES string of the molecule is C[Si](C)O[C@H](C1CN(c2ccc(Br)c(F)c2)C(=O)O1)C(C)(C)C. The van der Waals surface area contributed by atoms with Gasteiger partial charge in [0, 0.05) is 0 Å². The topological polar surface area (TPSA) is 38.8 Å². The quantitative estimate of drug-likeness (QED) is 0.690. The minimum Gasteiger partial charge on any atom is -0.441 e. The fourth-order valence-corrected chi connectivity index (χ4v) is 3.83. The molecular weight excluding hydrogens is 381 g/mol. The summed E-state index contributed by atoms with van der Waals surface area (Å²) in [7, 11) is -0.939. The molecule has 1 aliphatic heterocycles. The summed E-state index contributed by atoms with van der Waals surface area (Å²) in [6, 6.07) is 4.61. The van der Waals surface area contributed by atoms with Gasteiger partial charge in [-0.3, -0.25) is 4.90 Å². The van der Waals surface area contributed by atoms with E-state index in [9.17, 15) is 9.18 Å². The van der Waals surface area contributed by atoms with Crippen molar-refractivity contribution in [3.63, 3.8) is 0 Å². The minimum absolute atomic E-state index is 0.159. The first-order valence-electron chi connectivity index (χ1n) is 7.49. The highest BCUT2D eigenvalue weighted by atomic mass is 79.9. The Hall–Kier alpha value is -0.923. The predicted octanol–water partition coefficient (Wildman–Crippen LogP) is 4.60. The number of benzene rings is 1. The Morgan fingerprint density at radius 2 is 2.09 bits per heavy atom. The van der Waals surface area contributed by atoms with E-state index in [1.165, 1.54) is 11.0 Å². The van der Waals surface area contributed by atoms with Gasteiger partial charge in [-0.1, -0.05) is 20.8 Å². The predicted molar refractivity (Wildman–Crippen MR) is 93.5 cm³/mol. The summed E-state index contributed by atoms with van der Waals surface area (Å²) in [5.41, 5.74) is 0.331. The van der Waals surface area contributed by atoms with Crippen LogP contribution in [0.15, 0.2) is 22.7 Å². The molecule has 2 atom stereocenters. The monoisotopic (exact) mass is 402 g/mol. The van der Waals surface area contributed by atoms with Crippen LogP contribution in [-0.4, -0.2) is 33.9 Å². The van der Waals surface area contributed by atoms with Gasteiger partial charge in [0.2, 0.25) is 9.04 Å². The van der Waals surface area contributed by atoms with Gasteiger partial charge < -0.3 is 9.16 Å². The number of hydrogen-bond donors (Lipinski definition) is 0. The molecule has 2 rings (SSSR count). The van der Waals surface area contributed by atoms with Crippen molar-refractivity contribution in [3.8, 4) is 0 Å². The van der Waals surface area contributed by atoms with Crippen LogP contribution in [0, 0.1) is 11.2 Å². The Kier molecular flexibility index (Phi) is 5.53. The number of carbonyl (C=O) groups is 1. The summed E-state index contributed by atoms with van der Waals surface area (Å²) in [4.78, 5) is 13.7. The van der Waals surface area contributed by atoms with Crippen LogP contribution in [0.25, 0.3) is 0 Å². The lowest BCUT2D eigenvalue weighted by molar-refractivity contribution is -0.0143. The molecule has 0 N–H and O–H groups in total. The van der Waals surface area contributed by atoms with Gasteiger partial charge in [0.05, 0.1) is 22.8 Å². The van der Waals surface area contributed by atoms with Crippen LogP contribution in [0.5, 0.6) is 0 Å². The summed E-state index contributed by atoms with van der Waals surface area (Å²) in [6.45, 7) is 10.7. The fourth-order valence-electron chi connectivity index (χ4n) is 2.57. The molecule has 0 aliphatic carbocycles. The van der Waals surface area contributed by atoms with Crippen LogP contribution >= 0.6 is 15.9 Å². The van der Waals surface area contributed by atoms with Gasteiger partial charge in [-0.2, -0.15) is 0 Å². The van der Waals surface area contributed by atoms with E-state index in [2.05, 4.69) is 49.8 Å². The van der Waals surface area contributed by atoms with Crippen molar-refractivity contribution in [2.45, 2.75) is 46.1 Å². The van der Waals surface area contributed by atoms with Crippen molar-refractivity contribution in [2.24, 2.45) is 5.41 Å². The lowest BCUT2D eigenvalue weighted by Gasteiger charge is -2.35. The number of rotatable bonds is 4. The van der Waals surface area contributed by atoms with E-state index in [1.807, 2.05) is 0 Å². The molecule has 0 spiro atoms. The van der Waals surface area contributed by atoms with Crippen molar-refractivity contribution in [3.05, 3.63) is 28.5 Å². The molecule has 0 bridgehead atoms. The summed E-state index contributed by atoms with van der Waals surface area (Å²) >= 11 is 3.12. The average Bonchev–Trinajstić information content (AvgIpc) is 2.79. The highest BCUT2D eigenvalue weighted by molar-refractivity contribution is 9.10. The molecule has 1 heterocycles. The first-order chi connectivity index (χ1) is 10.6. The summed E-state index contributed by atoms with van der Waals surface area (Å²) in [5, 5.41) is 0. The smallest absolute Gasteiger partial charge is 0.414 e. The lowest BCUT2D eigenvalue weighted by atomic mass is 9.86. The van der Waals surface area contributed by atoms with E-state index in [0.717, 1.165) is 0 Å². The molecule has 1 aromatic rings. The summed E-state index contributed by atoms with van der Waals surface area (Å²) < 4.78 is 25.7. The number of cyclic esters (lactones) is 1. The molecule has 4 nitrogen and oxygen atoms in total. The van der Waals surface area contributed by atoms with E-state index in [1.54, 1.807) is 12.1 Å². The highest BCUT2D eigenvalue weighted by Gasteiger charge is 2.43. The molecule has 1 aliphatic rings. The number of anilines is 1. The Bertz CT molecular complexity index is 591. The third-order valence-electron chi connectivity index (χ3n) is 3.60. The van der Waals surface area contributed by atoms with Gasteiger partial charge in [-0.15, -0.1) is 0 Å². The van der Waals surface area contributed by atoms with Crippen molar-refractivity contribution in [1.29, 1.82) is 0 Å². The number of ether oxygens (including phenoxy) is 1. The third kappa shape index (κ3) is 4.33. The Morgan fingerprint density at radius 3 is 2.61 bits per heavy atom. The van der Waals surface area contributed by atoms with Crippen LogP contribution < -0.4 is 4.90 Å². The first-order valence-corrected chi connectivity index (χ1v) is 10.7. The first kappa shape index (κ1) is 18.4. The average molecular weight is 403 g/mol. The number of nitrogens with zero attached hydrogens (tertiary/aromatic N) is 1. The largest absolute Gasteiger partial charge is 0.441 e. The standard InChI is InChI=1S/C16H22BrFNO3Si/c1-16(2,3)14(22-23(4)5)13-9-19(15(20)21-13)10-6-7-11(17)12(18)8-10/h6-8,13-14H,9H2,1-5H3/t13?,14-/m1/s1. The second kappa shape index (κ2) is 6.90. The van der Waals surface area contributed by atoms with Crippen molar-refractivity contribution in [2.75, 3.05) is 11.4 Å². The second-order valence-corrected chi connectivity index (χ2v) is 9.85. The number of amides is 1. The van der Waals surface area contributed by atoms with Gasteiger partial charge in [0.15, 0.2) is 0 Å². The van der Waals surface area contributed by atoms with Gasteiger partial charge in [-0.25, -0.2) is 9.18 Å². The zero-order chi connectivity index (χ0) is 17.4. The van der Waals surface area contributed by atoms with Crippen LogP contribution in [0.2, 0.25) is 13.1 Å². The molecule has 1 unspecified atom stereocenters. The van der Waals surface area contributed by atoms with Gasteiger partial charge in [0.25, 0.3) is 0 Å². The van der Waals surface area contributed by atoms with Gasteiger partial charge in [-0.05, 0) is 52.6 Å². The van der Waals surface area contributed by atoms with Crippen LogP contribution in [0.1, 0.15) is 20.8 Å². The Labute approximate surface area is 146 Å². The maximum Gasteiger partial charge on any atom is 0.414 e. The second-order valence-electron chi connectivity index (χ2n) is 6.94. The lowest BCUT2D eigenvalue weighted by Crippen LogP contribution is -2.44. The van der Waals surface area contributed by atoms with Crippen molar-refractivity contribution in [1.82, 2.24) is 0 Å². The van der Waals surface area contributed by atoms with E-state index >= 15 is 0 Å². The number of hydrogen-bond acceptors (Lipinski definition) is 3. The minimum atomic E-state index is -0.939. The molecule has 7 heteroatoms. The molecular formula is C16H22BrFNO3Si. The molecule has 1 amide bonds. The molecule has 23 heavy (non-hydrogen) atoms. The summed E-state index contributed by atoms with van der Waals surface area (Å²) in [5.74, 6) is -0.407. The van der Waals surface area contributed by atoms with Crippen molar-refractivity contribution < 1.29 is 18.3 Å². The fraction of sp³-hybridized carbons (Fsp3) is 0.562. The van der Waals surface area contributed by atoms with Gasteiger partial charge in [0.1, 0.15) is 11.9 Å². The number of halogens is 2. The highest BCUT2D eigenvalue weighted by Crippen LogP contribution is 2.33. The van der Waals surface area contributed by atoms with Crippen LogP contribution in [-0.2, 0) is 9.16 Å². The van der Waals surface area contributed by atoms with E-state index < -0.39 is 21.0 Å². The van der Waals surface area contributed by atoms with E-state index in [-0.39, 0.29) is 17.6 Å². The molecule has 127 valence electrons. The zero-order valence-electron chi connectivity index (χ0n) is 14.0. The zero-order valence-corrected chi connectivity index (χ0v) is 16.6. The van der Waals surface area contributed by atoms with E-state index in [4.69, 9.17) is 9.16 Å². The van der Waals surface area contributed by atoms with Crippen LogP contribution in [0.3, 0.4) is 0 Å². The third-order valence-corrected chi connectivity index (χ3v) is 4.97. The Morgan fingerprint density at radius 1 is 1.43 bits per heavy atom. The van der Waals surface area contributed by atoms with Crippen LogP contribution in [0.4, 0.5) is 14.9 Å². The normalized spacial score (nSPS) is 20.1. The molecule has 1 aromatic carbocycles. The molecule has 0 saturated carbocycles. The maximum atomic E-state index is 13.7. The maximum absolute atomic E-state index is 13.7. The van der Waals surface area contributed by atoms with Gasteiger partial charge >= 0.3 is 6.09 Å². The molecule has 1 fully saturated rings. The number of carbonyl (C=O) groups excluding carboxylic acids is 1. The molecule has 1 saturated heterocycles. The molecule has 0 aromatic heterocycles. The Balaban J connectivity index is 2.22. The summed E-state index contributed by atoms with van der Waals surface area (Å²) in [6.07, 6.45) is -1.02. The molecule has 1 radical (unpaired) electrons.